The summed E-state index contributed by atoms with van der Waals surface area (Å²) in [6.45, 7) is 8.34. The predicted molar refractivity (Wildman–Crippen MR) is 156 cm³/mol. The Morgan fingerprint density at radius 1 is 0.975 bits per heavy atom. The van der Waals surface area contributed by atoms with Crippen molar-refractivity contribution in [3.05, 3.63) is 94.8 Å². The standard InChI is InChI=1S/C30H35ClFN3O4S/c1-6-26(29(37)33-30(3,4)5)34(19-22-15-17-23(32)18-16-22)28(36)20-35(27-14-10-13-25(31)21(27)2)40(38,39)24-11-8-7-9-12-24/h7-18,26H,6,19-20H2,1-5H3,(H,33,37)/t26-/m1/s1. The maximum Gasteiger partial charge on any atom is 0.264 e. The second-order valence-corrected chi connectivity index (χ2v) is 12.8. The van der Waals surface area contributed by atoms with Crippen LogP contribution in [-0.2, 0) is 26.2 Å². The average molecular weight is 588 g/mol. The summed E-state index contributed by atoms with van der Waals surface area (Å²) in [5, 5.41) is 3.26. The van der Waals surface area contributed by atoms with E-state index in [1.807, 2.05) is 20.8 Å². The van der Waals surface area contributed by atoms with Gasteiger partial charge in [0.05, 0.1) is 10.6 Å². The third kappa shape index (κ3) is 7.61. The van der Waals surface area contributed by atoms with Gasteiger partial charge in [0, 0.05) is 17.1 Å². The van der Waals surface area contributed by atoms with E-state index >= 15 is 0 Å². The third-order valence-corrected chi connectivity index (χ3v) is 8.45. The minimum atomic E-state index is -4.20. The Morgan fingerprint density at radius 3 is 2.17 bits per heavy atom. The van der Waals surface area contributed by atoms with Gasteiger partial charge < -0.3 is 10.2 Å². The van der Waals surface area contributed by atoms with Gasteiger partial charge in [0.25, 0.3) is 10.0 Å². The maximum absolute atomic E-state index is 14.1. The molecule has 10 heteroatoms. The molecule has 0 saturated carbocycles. The minimum Gasteiger partial charge on any atom is -0.350 e. The first kappa shape index (κ1) is 31.1. The lowest BCUT2D eigenvalue weighted by Crippen LogP contribution is -2.55. The largest absolute Gasteiger partial charge is 0.350 e. The molecule has 3 aromatic carbocycles. The number of amides is 2. The molecule has 0 aliphatic heterocycles. The summed E-state index contributed by atoms with van der Waals surface area (Å²) in [4.78, 5) is 28.8. The molecule has 40 heavy (non-hydrogen) atoms. The number of carbonyl (C=O) groups excluding carboxylic acids is 2. The number of halogens is 2. The highest BCUT2D eigenvalue weighted by Crippen LogP contribution is 2.31. The Morgan fingerprint density at radius 2 is 1.60 bits per heavy atom. The summed E-state index contributed by atoms with van der Waals surface area (Å²) in [5.74, 6) is -1.41. The number of benzene rings is 3. The van der Waals surface area contributed by atoms with Crippen LogP contribution in [0, 0.1) is 12.7 Å². The lowest BCUT2D eigenvalue weighted by atomic mass is 10.1. The Balaban J connectivity index is 2.10. The van der Waals surface area contributed by atoms with Crippen LogP contribution in [0.15, 0.2) is 77.7 Å². The summed E-state index contributed by atoms with van der Waals surface area (Å²) in [6, 6.07) is 17.3. The Labute approximate surface area is 241 Å². The summed E-state index contributed by atoms with van der Waals surface area (Å²) >= 11 is 6.35. The monoisotopic (exact) mass is 587 g/mol. The van der Waals surface area contributed by atoms with Gasteiger partial charge in [-0.1, -0.05) is 54.9 Å². The van der Waals surface area contributed by atoms with Gasteiger partial charge in [0.2, 0.25) is 11.8 Å². The van der Waals surface area contributed by atoms with Gasteiger partial charge in [0.15, 0.2) is 0 Å². The van der Waals surface area contributed by atoms with Crippen LogP contribution in [0.1, 0.15) is 45.2 Å². The molecule has 0 spiro atoms. The van der Waals surface area contributed by atoms with Crippen LogP contribution < -0.4 is 9.62 Å². The molecule has 2 amide bonds. The lowest BCUT2D eigenvalue weighted by molar-refractivity contribution is -0.141. The van der Waals surface area contributed by atoms with Gasteiger partial charge in [-0.05, 0) is 81.6 Å². The summed E-state index contributed by atoms with van der Waals surface area (Å²) < 4.78 is 42.4. The average Bonchev–Trinajstić information content (AvgIpc) is 2.89. The molecule has 1 N–H and O–H groups in total. The Hall–Kier alpha value is -3.43. The molecule has 3 rings (SSSR count). The molecule has 0 heterocycles. The molecule has 0 aromatic heterocycles. The molecule has 7 nitrogen and oxygen atoms in total. The van der Waals surface area contributed by atoms with Crippen molar-refractivity contribution in [2.24, 2.45) is 0 Å². The van der Waals surface area contributed by atoms with Crippen LogP contribution in [0.2, 0.25) is 5.02 Å². The quantitative estimate of drug-likeness (QED) is 0.329. The normalized spacial score (nSPS) is 12.5. The van der Waals surface area contributed by atoms with Gasteiger partial charge in [0.1, 0.15) is 18.4 Å². The first-order chi connectivity index (χ1) is 18.7. The van der Waals surface area contributed by atoms with Crippen molar-refractivity contribution in [2.45, 2.75) is 64.1 Å². The maximum atomic E-state index is 14.1. The number of hydrogen-bond acceptors (Lipinski definition) is 4. The fraction of sp³-hybridized carbons (Fsp3) is 0.333. The molecular formula is C30H35ClFN3O4S. The summed E-state index contributed by atoms with van der Waals surface area (Å²) in [5.41, 5.74) is 0.765. The molecule has 3 aromatic rings. The first-order valence-electron chi connectivity index (χ1n) is 12.9. The number of nitrogens with one attached hydrogen (secondary N) is 1. The number of rotatable bonds is 10. The van der Waals surface area contributed by atoms with Gasteiger partial charge in [-0.3, -0.25) is 13.9 Å². The lowest BCUT2D eigenvalue weighted by Gasteiger charge is -2.35. The molecule has 0 aliphatic carbocycles. The Kier molecular flexibility index (Phi) is 9.97. The minimum absolute atomic E-state index is 0.00442. The Bertz CT molecular complexity index is 1440. The van der Waals surface area contributed by atoms with E-state index < -0.39 is 39.9 Å². The molecule has 1 atom stereocenters. The highest BCUT2D eigenvalue weighted by Gasteiger charge is 2.35. The van der Waals surface area contributed by atoms with E-state index in [0.717, 1.165) is 4.31 Å². The topological polar surface area (TPSA) is 86.8 Å². The first-order valence-corrected chi connectivity index (χ1v) is 14.7. The van der Waals surface area contributed by atoms with Gasteiger partial charge in [-0.25, -0.2) is 12.8 Å². The highest BCUT2D eigenvalue weighted by molar-refractivity contribution is 7.92. The molecule has 0 unspecified atom stereocenters. The van der Waals surface area contributed by atoms with Crippen molar-refractivity contribution in [2.75, 3.05) is 10.8 Å². The SMILES string of the molecule is CC[C@H](C(=O)NC(C)(C)C)N(Cc1ccc(F)cc1)C(=O)CN(c1cccc(Cl)c1C)S(=O)(=O)c1ccccc1. The second kappa shape index (κ2) is 12.8. The van der Waals surface area contributed by atoms with Gasteiger partial charge in [-0.15, -0.1) is 0 Å². The van der Waals surface area contributed by atoms with Crippen molar-refractivity contribution in [3.63, 3.8) is 0 Å². The number of nitrogens with zero attached hydrogens (tertiary/aromatic N) is 2. The van der Waals surface area contributed by atoms with Crippen molar-refractivity contribution in [1.29, 1.82) is 0 Å². The molecule has 0 bridgehead atoms. The zero-order valence-corrected chi connectivity index (χ0v) is 24.9. The molecule has 0 aliphatic rings. The number of hydrogen-bond donors (Lipinski definition) is 1. The highest BCUT2D eigenvalue weighted by atomic mass is 35.5. The zero-order chi connectivity index (χ0) is 29.7. The van der Waals surface area contributed by atoms with Crippen LogP contribution in [0.3, 0.4) is 0 Å². The van der Waals surface area contributed by atoms with Gasteiger partial charge in [-0.2, -0.15) is 0 Å². The second-order valence-electron chi connectivity index (χ2n) is 10.5. The van der Waals surface area contributed by atoms with E-state index in [1.165, 1.54) is 41.3 Å². The van der Waals surface area contributed by atoms with E-state index in [4.69, 9.17) is 11.6 Å². The van der Waals surface area contributed by atoms with Crippen molar-refractivity contribution in [1.82, 2.24) is 10.2 Å². The van der Waals surface area contributed by atoms with Crippen LogP contribution in [-0.4, -0.2) is 43.3 Å². The number of sulfonamides is 1. The van der Waals surface area contributed by atoms with Crippen LogP contribution in [0.25, 0.3) is 0 Å². The molecular weight excluding hydrogens is 553 g/mol. The fourth-order valence-corrected chi connectivity index (χ4v) is 5.92. The molecule has 0 saturated heterocycles. The van der Waals surface area contributed by atoms with Crippen LogP contribution in [0.5, 0.6) is 0 Å². The molecule has 0 radical (unpaired) electrons. The summed E-state index contributed by atoms with van der Waals surface area (Å²) in [7, 11) is -4.20. The van der Waals surface area contributed by atoms with E-state index in [1.54, 1.807) is 50.2 Å². The zero-order valence-electron chi connectivity index (χ0n) is 23.3. The van der Waals surface area contributed by atoms with E-state index in [0.29, 0.717) is 16.1 Å². The third-order valence-electron chi connectivity index (χ3n) is 6.27. The van der Waals surface area contributed by atoms with Crippen molar-refractivity contribution < 1.29 is 22.4 Å². The predicted octanol–water partition coefficient (Wildman–Crippen LogP) is 5.70. The van der Waals surface area contributed by atoms with Crippen molar-refractivity contribution >= 4 is 39.1 Å². The molecule has 214 valence electrons. The summed E-state index contributed by atoms with van der Waals surface area (Å²) in [6.07, 6.45) is 0.274. The van der Waals surface area contributed by atoms with Crippen molar-refractivity contribution in [3.8, 4) is 0 Å². The van der Waals surface area contributed by atoms with Crippen LogP contribution in [0.4, 0.5) is 10.1 Å². The number of carbonyl (C=O) groups is 2. The number of anilines is 1. The fourth-order valence-electron chi connectivity index (χ4n) is 4.26. The van der Waals surface area contributed by atoms with E-state index in [2.05, 4.69) is 5.32 Å². The molecule has 0 fully saturated rings. The smallest absolute Gasteiger partial charge is 0.264 e. The van der Waals surface area contributed by atoms with E-state index in [9.17, 15) is 22.4 Å². The van der Waals surface area contributed by atoms with Crippen LogP contribution >= 0.6 is 11.6 Å². The van der Waals surface area contributed by atoms with Gasteiger partial charge >= 0.3 is 0 Å². The van der Waals surface area contributed by atoms with E-state index in [-0.39, 0.29) is 29.5 Å².